The zero-order valence-electron chi connectivity index (χ0n) is 13.2. The average molecular weight is 256 g/mol. The molecule has 0 spiro atoms. The van der Waals surface area contributed by atoms with Gasteiger partial charge in [0.25, 0.3) is 0 Å². The maximum absolute atomic E-state index is 5.47. The molecule has 0 radical (unpaired) electrons. The van der Waals surface area contributed by atoms with Crippen LogP contribution in [-0.4, -0.2) is 13.2 Å². The van der Waals surface area contributed by atoms with Crippen molar-refractivity contribution in [1.29, 1.82) is 0 Å². The Balaban J connectivity index is 3.10. The fourth-order valence-electron chi connectivity index (χ4n) is 2.56. The molecule has 0 aliphatic heterocycles. The van der Waals surface area contributed by atoms with E-state index in [0.29, 0.717) is 6.10 Å². The first-order chi connectivity index (χ1) is 8.85. The van der Waals surface area contributed by atoms with E-state index in [2.05, 4.69) is 13.8 Å². The zero-order valence-corrected chi connectivity index (χ0v) is 13.2. The lowest BCUT2D eigenvalue weighted by Gasteiger charge is -2.13. The molecule has 0 fully saturated rings. The molecule has 1 heteroatoms. The molecule has 0 aromatic heterocycles. The Hall–Kier alpha value is -0.0400. The van der Waals surface area contributed by atoms with Crippen LogP contribution in [0.5, 0.6) is 0 Å². The van der Waals surface area contributed by atoms with Crippen molar-refractivity contribution in [2.75, 3.05) is 7.11 Å². The summed E-state index contributed by atoms with van der Waals surface area (Å²) in [5, 5.41) is 0. The molecule has 0 aromatic carbocycles. The minimum absolute atomic E-state index is 0.518. The molecule has 0 rings (SSSR count). The second-order valence-electron chi connectivity index (χ2n) is 5.62. The highest BCUT2D eigenvalue weighted by Crippen LogP contribution is 2.14. The summed E-state index contributed by atoms with van der Waals surface area (Å²) in [4.78, 5) is 0. The van der Waals surface area contributed by atoms with Crippen LogP contribution in [0, 0.1) is 0 Å². The second kappa shape index (κ2) is 15.0. The molecule has 110 valence electrons. The van der Waals surface area contributed by atoms with Crippen LogP contribution in [0.2, 0.25) is 0 Å². The molecule has 0 aromatic rings. The van der Waals surface area contributed by atoms with Crippen LogP contribution in [0.25, 0.3) is 0 Å². The average Bonchev–Trinajstić information content (AvgIpc) is 2.39. The minimum atomic E-state index is 0.518. The lowest BCUT2D eigenvalue weighted by molar-refractivity contribution is 0.0849. The van der Waals surface area contributed by atoms with Gasteiger partial charge in [-0.05, 0) is 12.8 Å². The number of hydrogen-bond donors (Lipinski definition) is 0. The van der Waals surface area contributed by atoms with Crippen molar-refractivity contribution in [3.8, 4) is 0 Å². The Bertz CT molecular complexity index is 145. The summed E-state index contributed by atoms with van der Waals surface area (Å²) in [5.41, 5.74) is 0. The van der Waals surface area contributed by atoms with Crippen molar-refractivity contribution in [3.05, 3.63) is 0 Å². The molecule has 0 saturated heterocycles. The van der Waals surface area contributed by atoms with Gasteiger partial charge in [-0.2, -0.15) is 0 Å². The van der Waals surface area contributed by atoms with Gasteiger partial charge in [0.05, 0.1) is 6.10 Å². The van der Waals surface area contributed by atoms with E-state index in [1.165, 1.54) is 83.5 Å². The van der Waals surface area contributed by atoms with E-state index < -0.39 is 0 Å². The highest BCUT2D eigenvalue weighted by Gasteiger charge is 2.04. The fraction of sp³-hybridized carbons (Fsp3) is 1.00. The van der Waals surface area contributed by atoms with E-state index >= 15 is 0 Å². The molecule has 0 aliphatic rings. The first-order valence-corrected chi connectivity index (χ1v) is 8.37. The molecule has 0 heterocycles. The van der Waals surface area contributed by atoms with Gasteiger partial charge in [0.2, 0.25) is 0 Å². The van der Waals surface area contributed by atoms with Crippen LogP contribution >= 0.6 is 0 Å². The monoisotopic (exact) mass is 256 g/mol. The minimum Gasteiger partial charge on any atom is -0.381 e. The summed E-state index contributed by atoms with van der Waals surface area (Å²) in [5.74, 6) is 0. The van der Waals surface area contributed by atoms with Gasteiger partial charge in [-0.25, -0.2) is 0 Å². The van der Waals surface area contributed by atoms with Crippen molar-refractivity contribution in [2.24, 2.45) is 0 Å². The van der Waals surface area contributed by atoms with Gasteiger partial charge in [0, 0.05) is 7.11 Å². The van der Waals surface area contributed by atoms with Gasteiger partial charge in [-0.3, -0.25) is 0 Å². The Kier molecular flexibility index (Phi) is 15.0. The Morgan fingerprint density at radius 3 is 1.56 bits per heavy atom. The van der Waals surface area contributed by atoms with E-state index in [1.54, 1.807) is 0 Å². The molecule has 1 unspecified atom stereocenters. The Morgan fingerprint density at radius 2 is 1.11 bits per heavy atom. The van der Waals surface area contributed by atoms with E-state index in [9.17, 15) is 0 Å². The highest BCUT2D eigenvalue weighted by molar-refractivity contribution is 4.57. The standard InChI is InChI=1S/C17H36O/c1-4-6-7-8-9-10-11-12-13-14-16-17(18-3)15-5-2/h17H,4-16H2,1-3H3. The van der Waals surface area contributed by atoms with Crippen LogP contribution in [0.3, 0.4) is 0 Å². The van der Waals surface area contributed by atoms with E-state index in [-0.39, 0.29) is 0 Å². The first kappa shape index (κ1) is 18.0. The molecule has 0 aliphatic carbocycles. The van der Waals surface area contributed by atoms with Gasteiger partial charge in [-0.1, -0.05) is 84.5 Å². The molecule has 1 nitrogen and oxygen atoms in total. The predicted molar refractivity (Wildman–Crippen MR) is 82.2 cm³/mol. The van der Waals surface area contributed by atoms with Crippen LogP contribution in [0.1, 0.15) is 97.3 Å². The SMILES string of the molecule is CCCCCCCCCCCCC(CCC)OC. The number of methoxy groups -OCH3 is 1. The molecular formula is C17H36O. The fourth-order valence-corrected chi connectivity index (χ4v) is 2.56. The number of ether oxygens (including phenoxy) is 1. The van der Waals surface area contributed by atoms with Gasteiger partial charge >= 0.3 is 0 Å². The van der Waals surface area contributed by atoms with Crippen LogP contribution in [0.4, 0.5) is 0 Å². The topological polar surface area (TPSA) is 9.23 Å². The molecular weight excluding hydrogens is 220 g/mol. The molecule has 0 amide bonds. The molecule has 18 heavy (non-hydrogen) atoms. The summed E-state index contributed by atoms with van der Waals surface area (Å²) in [6.45, 7) is 4.52. The van der Waals surface area contributed by atoms with E-state index in [4.69, 9.17) is 4.74 Å². The van der Waals surface area contributed by atoms with Gasteiger partial charge in [0.1, 0.15) is 0 Å². The van der Waals surface area contributed by atoms with Crippen LogP contribution in [0.15, 0.2) is 0 Å². The summed E-state index contributed by atoms with van der Waals surface area (Å²) in [7, 11) is 1.86. The lowest BCUT2D eigenvalue weighted by Crippen LogP contribution is -2.09. The summed E-state index contributed by atoms with van der Waals surface area (Å²) < 4.78 is 5.47. The second-order valence-corrected chi connectivity index (χ2v) is 5.62. The van der Waals surface area contributed by atoms with E-state index in [1.807, 2.05) is 7.11 Å². The third-order valence-corrected chi connectivity index (χ3v) is 3.82. The zero-order chi connectivity index (χ0) is 13.5. The first-order valence-electron chi connectivity index (χ1n) is 8.37. The van der Waals surface area contributed by atoms with Crippen LogP contribution in [-0.2, 0) is 4.74 Å². The Morgan fingerprint density at radius 1 is 0.611 bits per heavy atom. The largest absolute Gasteiger partial charge is 0.381 e. The third-order valence-electron chi connectivity index (χ3n) is 3.82. The molecule has 0 saturated carbocycles. The van der Waals surface area contributed by atoms with E-state index in [0.717, 1.165) is 0 Å². The molecule has 0 N–H and O–H groups in total. The summed E-state index contributed by atoms with van der Waals surface area (Å²) in [6, 6.07) is 0. The van der Waals surface area contributed by atoms with Crippen molar-refractivity contribution in [1.82, 2.24) is 0 Å². The maximum Gasteiger partial charge on any atom is 0.0571 e. The van der Waals surface area contributed by atoms with Gasteiger partial charge in [-0.15, -0.1) is 0 Å². The number of hydrogen-bond acceptors (Lipinski definition) is 1. The molecule has 1 atom stereocenters. The van der Waals surface area contributed by atoms with Crippen molar-refractivity contribution < 1.29 is 4.74 Å². The molecule has 0 bridgehead atoms. The Labute approximate surface area is 116 Å². The normalized spacial score (nSPS) is 12.8. The van der Waals surface area contributed by atoms with Crippen LogP contribution < -0.4 is 0 Å². The maximum atomic E-state index is 5.47. The quantitative estimate of drug-likeness (QED) is 0.341. The highest BCUT2D eigenvalue weighted by atomic mass is 16.5. The summed E-state index contributed by atoms with van der Waals surface area (Å²) >= 11 is 0. The van der Waals surface area contributed by atoms with Crippen molar-refractivity contribution >= 4 is 0 Å². The smallest absolute Gasteiger partial charge is 0.0571 e. The number of rotatable bonds is 14. The predicted octanol–water partition coefficient (Wildman–Crippen LogP) is 6.11. The van der Waals surface area contributed by atoms with Gasteiger partial charge in [0.15, 0.2) is 0 Å². The lowest BCUT2D eigenvalue weighted by atomic mass is 10.0. The van der Waals surface area contributed by atoms with Crippen molar-refractivity contribution in [2.45, 2.75) is 103 Å². The van der Waals surface area contributed by atoms with Gasteiger partial charge < -0.3 is 4.74 Å². The third kappa shape index (κ3) is 12.4. The summed E-state index contributed by atoms with van der Waals surface area (Å²) in [6.07, 6.45) is 18.5. The number of unbranched alkanes of at least 4 members (excludes halogenated alkanes) is 9. The van der Waals surface area contributed by atoms with Crippen molar-refractivity contribution in [3.63, 3.8) is 0 Å².